The first-order valence-corrected chi connectivity index (χ1v) is 8.20. The SMILES string of the molecule is Cc1cccc(NC(=O)C2CC2C(=O)Nc2c(C)cccc2C)c1. The minimum atomic E-state index is -0.242. The third-order valence-corrected chi connectivity index (χ3v) is 4.48. The van der Waals surface area contributed by atoms with Crippen molar-refractivity contribution in [2.24, 2.45) is 11.8 Å². The smallest absolute Gasteiger partial charge is 0.228 e. The maximum absolute atomic E-state index is 12.4. The molecule has 2 aromatic carbocycles. The molecule has 1 fully saturated rings. The molecule has 1 aliphatic rings. The molecule has 0 heterocycles. The van der Waals surface area contributed by atoms with Crippen LogP contribution in [0.25, 0.3) is 0 Å². The zero-order valence-corrected chi connectivity index (χ0v) is 14.2. The molecule has 1 saturated carbocycles. The van der Waals surface area contributed by atoms with Crippen LogP contribution in [0.1, 0.15) is 23.1 Å². The fraction of sp³-hybridized carbons (Fsp3) is 0.300. The van der Waals surface area contributed by atoms with Crippen LogP contribution in [0.4, 0.5) is 11.4 Å². The van der Waals surface area contributed by atoms with Crippen LogP contribution in [0.2, 0.25) is 0 Å². The van der Waals surface area contributed by atoms with Gasteiger partial charge < -0.3 is 10.6 Å². The van der Waals surface area contributed by atoms with Crippen molar-refractivity contribution in [2.45, 2.75) is 27.2 Å². The zero-order chi connectivity index (χ0) is 17.3. The molecule has 24 heavy (non-hydrogen) atoms. The Morgan fingerprint density at radius 3 is 2.08 bits per heavy atom. The van der Waals surface area contributed by atoms with E-state index in [-0.39, 0.29) is 23.7 Å². The normalized spacial score (nSPS) is 18.8. The van der Waals surface area contributed by atoms with E-state index in [9.17, 15) is 9.59 Å². The Morgan fingerprint density at radius 2 is 1.46 bits per heavy atom. The number of carbonyl (C=O) groups is 2. The van der Waals surface area contributed by atoms with Crippen molar-refractivity contribution in [3.63, 3.8) is 0 Å². The van der Waals surface area contributed by atoms with E-state index >= 15 is 0 Å². The van der Waals surface area contributed by atoms with E-state index in [1.165, 1.54) is 0 Å². The molecule has 4 nitrogen and oxygen atoms in total. The molecular weight excluding hydrogens is 300 g/mol. The predicted octanol–water partition coefficient (Wildman–Crippen LogP) is 3.83. The van der Waals surface area contributed by atoms with Gasteiger partial charge >= 0.3 is 0 Å². The number of rotatable bonds is 4. The first kappa shape index (κ1) is 16.2. The largest absolute Gasteiger partial charge is 0.326 e. The van der Waals surface area contributed by atoms with Gasteiger partial charge in [0.25, 0.3) is 0 Å². The van der Waals surface area contributed by atoms with Crippen molar-refractivity contribution >= 4 is 23.2 Å². The summed E-state index contributed by atoms with van der Waals surface area (Å²) in [6.45, 7) is 5.92. The highest BCUT2D eigenvalue weighted by atomic mass is 16.2. The molecule has 0 aromatic heterocycles. The van der Waals surface area contributed by atoms with E-state index in [0.29, 0.717) is 6.42 Å². The number of hydrogen-bond acceptors (Lipinski definition) is 2. The van der Waals surface area contributed by atoms with Crippen LogP contribution in [0.5, 0.6) is 0 Å². The number of benzene rings is 2. The van der Waals surface area contributed by atoms with E-state index in [4.69, 9.17) is 0 Å². The Morgan fingerprint density at radius 1 is 0.875 bits per heavy atom. The minimum Gasteiger partial charge on any atom is -0.326 e. The summed E-state index contributed by atoms with van der Waals surface area (Å²) < 4.78 is 0. The van der Waals surface area contributed by atoms with Gasteiger partial charge in [-0.15, -0.1) is 0 Å². The molecule has 0 saturated heterocycles. The van der Waals surface area contributed by atoms with Gasteiger partial charge in [-0.25, -0.2) is 0 Å². The quantitative estimate of drug-likeness (QED) is 0.899. The topological polar surface area (TPSA) is 58.2 Å². The van der Waals surface area contributed by atoms with Gasteiger partial charge in [0, 0.05) is 11.4 Å². The van der Waals surface area contributed by atoms with E-state index in [0.717, 1.165) is 28.1 Å². The van der Waals surface area contributed by atoms with Gasteiger partial charge in [0.15, 0.2) is 0 Å². The first-order chi connectivity index (χ1) is 11.5. The van der Waals surface area contributed by atoms with Crippen molar-refractivity contribution in [2.75, 3.05) is 10.6 Å². The second-order valence-corrected chi connectivity index (χ2v) is 6.56. The van der Waals surface area contributed by atoms with Crippen molar-refractivity contribution in [1.29, 1.82) is 0 Å². The summed E-state index contributed by atoms with van der Waals surface area (Å²) in [6, 6.07) is 13.6. The third kappa shape index (κ3) is 3.48. The number of aryl methyl sites for hydroxylation is 3. The zero-order valence-electron chi connectivity index (χ0n) is 14.2. The Bertz CT molecular complexity index is 778. The number of carbonyl (C=O) groups excluding carboxylic acids is 2. The van der Waals surface area contributed by atoms with Crippen LogP contribution < -0.4 is 10.6 Å². The van der Waals surface area contributed by atoms with Gasteiger partial charge in [0.05, 0.1) is 11.8 Å². The van der Waals surface area contributed by atoms with Gasteiger partial charge in [0.1, 0.15) is 0 Å². The van der Waals surface area contributed by atoms with Gasteiger partial charge in [0.2, 0.25) is 11.8 Å². The molecule has 2 atom stereocenters. The number of para-hydroxylation sites is 1. The Balaban J connectivity index is 1.60. The highest BCUT2D eigenvalue weighted by Crippen LogP contribution is 2.40. The summed E-state index contributed by atoms with van der Waals surface area (Å²) >= 11 is 0. The maximum Gasteiger partial charge on any atom is 0.228 e. The summed E-state index contributed by atoms with van der Waals surface area (Å²) in [5.74, 6) is -0.636. The van der Waals surface area contributed by atoms with E-state index < -0.39 is 0 Å². The number of hydrogen-bond donors (Lipinski definition) is 2. The molecule has 4 heteroatoms. The standard InChI is InChI=1S/C20H22N2O2/c1-12-6-4-9-15(10-12)21-19(23)16-11-17(16)20(24)22-18-13(2)7-5-8-14(18)3/h4-10,16-17H,11H2,1-3H3,(H,21,23)(H,22,24). The van der Waals surface area contributed by atoms with Gasteiger partial charge in [-0.3, -0.25) is 9.59 Å². The second-order valence-electron chi connectivity index (χ2n) is 6.56. The molecule has 1 aliphatic carbocycles. The van der Waals surface area contributed by atoms with Crippen LogP contribution in [0.15, 0.2) is 42.5 Å². The summed E-state index contributed by atoms with van der Waals surface area (Å²) in [5, 5.41) is 5.88. The monoisotopic (exact) mass is 322 g/mol. The Labute approximate surface area is 142 Å². The lowest BCUT2D eigenvalue weighted by Crippen LogP contribution is -2.21. The van der Waals surface area contributed by atoms with Crippen LogP contribution >= 0.6 is 0 Å². The fourth-order valence-corrected chi connectivity index (χ4v) is 2.96. The lowest BCUT2D eigenvalue weighted by atomic mass is 10.1. The van der Waals surface area contributed by atoms with E-state index in [2.05, 4.69) is 10.6 Å². The van der Waals surface area contributed by atoms with Crippen molar-refractivity contribution < 1.29 is 9.59 Å². The highest BCUT2D eigenvalue weighted by Gasteiger charge is 2.48. The molecule has 3 rings (SSSR count). The minimum absolute atomic E-state index is 0.0724. The van der Waals surface area contributed by atoms with Crippen molar-refractivity contribution in [3.05, 3.63) is 59.2 Å². The van der Waals surface area contributed by atoms with E-state index in [1.54, 1.807) is 0 Å². The molecule has 2 N–H and O–H groups in total. The Kier molecular flexibility index (Phi) is 4.38. The molecule has 124 valence electrons. The second kappa shape index (κ2) is 6.48. The van der Waals surface area contributed by atoms with E-state index in [1.807, 2.05) is 63.2 Å². The third-order valence-electron chi connectivity index (χ3n) is 4.48. The van der Waals surface area contributed by atoms with Crippen LogP contribution in [0.3, 0.4) is 0 Å². The van der Waals surface area contributed by atoms with Crippen LogP contribution in [0, 0.1) is 32.6 Å². The Hall–Kier alpha value is -2.62. The summed E-state index contributed by atoms with van der Waals surface area (Å²) in [5.41, 5.74) is 4.79. The van der Waals surface area contributed by atoms with Crippen LogP contribution in [-0.2, 0) is 9.59 Å². The summed E-state index contributed by atoms with van der Waals surface area (Å²) in [4.78, 5) is 24.7. The average molecular weight is 322 g/mol. The fourth-order valence-electron chi connectivity index (χ4n) is 2.96. The molecular formula is C20H22N2O2. The average Bonchev–Trinajstić information content (AvgIpc) is 3.32. The predicted molar refractivity (Wildman–Crippen MR) is 96.0 cm³/mol. The highest BCUT2D eigenvalue weighted by molar-refractivity contribution is 6.03. The number of nitrogens with one attached hydrogen (secondary N) is 2. The lowest BCUT2D eigenvalue weighted by molar-refractivity contribution is -0.122. The molecule has 0 spiro atoms. The molecule has 0 bridgehead atoms. The lowest BCUT2D eigenvalue weighted by Gasteiger charge is -2.11. The number of anilines is 2. The van der Waals surface area contributed by atoms with Gasteiger partial charge in [-0.1, -0.05) is 30.3 Å². The molecule has 0 radical (unpaired) electrons. The van der Waals surface area contributed by atoms with Crippen molar-refractivity contribution in [3.8, 4) is 0 Å². The molecule has 2 amide bonds. The van der Waals surface area contributed by atoms with Gasteiger partial charge in [-0.2, -0.15) is 0 Å². The van der Waals surface area contributed by atoms with Gasteiger partial charge in [-0.05, 0) is 56.0 Å². The molecule has 0 aliphatic heterocycles. The molecule has 2 aromatic rings. The first-order valence-electron chi connectivity index (χ1n) is 8.20. The number of amides is 2. The maximum atomic E-state index is 12.4. The van der Waals surface area contributed by atoms with Crippen LogP contribution in [-0.4, -0.2) is 11.8 Å². The summed E-state index contributed by atoms with van der Waals surface area (Å²) in [6.07, 6.45) is 0.606. The summed E-state index contributed by atoms with van der Waals surface area (Å²) in [7, 11) is 0. The van der Waals surface area contributed by atoms with Crippen molar-refractivity contribution in [1.82, 2.24) is 0 Å². The molecule has 2 unspecified atom stereocenters.